The van der Waals surface area contributed by atoms with E-state index in [-0.39, 0.29) is 42.4 Å². The summed E-state index contributed by atoms with van der Waals surface area (Å²) < 4.78 is 78.7. The Kier molecular flexibility index (Phi) is 9.92. The zero-order valence-electron chi connectivity index (χ0n) is 15.0. The van der Waals surface area contributed by atoms with Crippen LogP contribution in [-0.4, -0.2) is 31.1 Å². The van der Waals surface area contributed by atoms with Crippen LogP contribution >= 0.6 is 24.8 Å². The highest BCUT2D eigenvalue weighted by atomic mass is 35.5. The highest BCUT2D eigenvalue weighted by molar-refractivity contribution is 5.85. The van der Waals surface area contributed by atoms with Crippen molar-refractivity contribution in [1.29, 1.82) is 0 Å². The topological polar surface area (TPSA) is 15.3 Å². The first-order valence-corrected chi connectivity index (χ1v) is 8.22. The Bertz CT molecular complexity index is 552. The summed E-state index contributed by atoms with van der Waals surface area (Å²) in [6, 6.07) is 1.45. The summed E-state index contributed by atoms with van der Waals surface area (Å²) in [5.41, 5.74) is -2.42. The fourth-order valence-electron chi connectivity index (χ4n) is 3.11. The molecule has 1 aliphatic heterocycles. The molecule has 158 valence electrons. The van der Waals surface area contributed by atoms with Crippen LogP contribution in [0.3, 0.4) is 0 Å². The third kappa shape index (κ3) is 7.33. The third-order valence-electron chi connectivity index (χ3n) is 4.28. The van der Waals surface area contributed by atoms with E-state index in [1.165, 1.54) is 0 Å². The second-order valence-corrected chi connectivity index (χ2v) is 6.77. The average molecular weight is 441 g/mol. The summed E-state index contributed by atoms with van der Waals surface area (Å²) in [6.45, 7) is 6.34. The van der Waals surface area contributed by atoms with Gasteiger partial charge in [-0.1, -0.05) is 13.8 Å². The minimum absolute atomic E-state index is 0. The van der Waals surface area contributed by atoms with Gasteiger partial charge in [-0.05, 0) is 36.1 Å². The Morgan fingerprint density at radius 1 is 0.889 bits per heavy atom. The van der Waals surface area contributed by atoms with Crippen LogP contribution in [0.25, 0.3) is 0 Å². The van der Waals surface area contributed by atoms with Crippen LogP contribution in [0, 0.1) is 5.92 Å². The fourth-order valence-corrected chi connectivity index (χ4v) is 3.11. The van der Waals surface area contributed by atoms with Gasteiger partial charge in [-0.25, -0.2) is 0 Å². The van der Waals surface area contributed by atoms with Crippen molar-refractivity contribution in [2.45, 2.75) is 38.7 Å². The number of hydrogen-bond acceptors (Lipinski definition) is 2. The molecule has 1 N–H and O–H groups in total. The molecular formula is C17H24Cl2F6N2. The molecule has 1 aromatic rings. The van der Waals surface area contributed by atoms with Crippen molar-refractivity contribution >= 4 is 24.8 Å². The molecule has 2 nitrogen and oxygen atoms in total. The number of hydrogen-bond donors (Lipinski definition) is 1. The standard InChI is InChI=1S/C17H22F6N2.2ClH/c1-11(2)7-15(25-5-3-24-4-6-25)12-8-13(16(18,19)20)10-14(9-12)17(21,22)23;;/h8-11,15,24H,3-7H2,1-2H3;2*1H/t15-;;/m0../s1. The Morgan fingerprint density at radius 3 is 1.70 bits per heavy atom. The van der Waals surface area contributed by atoms with Crippen molar-refractivity contribution in [3.05, 3.63) is 34.9 Å². The number of rotatable bonds is 4. The first kappa shape index (κ1) is 26.3. The minimum Gasteiger partial charge on any atom is -0.314 e. The van der Waals surface area contributed by atoms with Crippen molar-refractivity contribution in [2.75, 3.05) is 26.2 Å². The monoisotopic (exact) mass is 440 g/mol. The van der Waals surface area contributed by atoms with Crippen LogP contribution in [0.4, 0.5) is 26.3 Å². The van der Waals surface area contributed by atoms with Crippen LogP contribution in [0.1, 0.15) is 43.0 Å². The number of nitrogens with one attached hydrogen (secondary N) is 1. The van der Waals surface area contributed by atoms with Gasteiger partial charge in [0.05, 0.1) is 11.1 Å². The number of benzene rings is 1. The molecule has 27 heavy (non-hydrogen) atoms. The molecule has 0 aliphatic carbocycles. The Hall–Kier alpha value is -0.700. The average Bonchev–Trinajstić information content (AvgIpc) is 2.51. The molecule has 1 aromatic carbocycles. The quantitative estimate of drug-likeness (QED) is 0.616. The smallest absolute Gasteiger partial charge is 0.314 e. The van der Waals surface area contributed by atoms with E-state index in [9.17, 15) is 26.3 Å². The predicted molar refractivity (Wildman–Crippen MR) is 97.6 cm³/mol. The molecule has 1 saturated heterocycles. The molecule has 0 radical (unpaired) electrons. The first-order chi connectivity index (χ1) is 11.5. The van der Waals surface area contributed by atoms with Gasteiger partial charge in [0.15, 0.2) is 0 Å². The van der Waals surface area contributed by atoms with Crippen LogP contribution in [0.2, 0.25) is 0 Å². The van der Waals surface area contributed by atoms with E-state index in [0.29, 0.717) is 32.6 Å². The van der Waals surface area contributed by atoms with Crippen molar-refractivity contribution in [3.8, 4) is 0 Å². The SMILES string of the molecule is CC(C)C[C@@H](c1cc(C(F)(F)F)cc(C(F)(F)F)c1)N1CCNCC1.Cl.Cl. The molecule has 10 heteroatoms. The molecule has 0 aromatic heterocycles. The van der Waals surface area contributed by atoms with Crippen LogP contribution < -0.4 is 5.32 Å². The van der Waals surface area contributed by atoms with E-state index < -0.39 is 29.5 Å². The van der Waals surface area contributed by atoms with Gasteiger partial charge in [0, 0.05) is 32.2 Å². The Balaban J connectivity index is 0.00000338. The number of alkyl halides is 6. The van der Waals surface area contributed by atoms with E-state index in [0.717, 1.165) is 12.1 Å². The van der Waals surface area contributed by atoms with Crippen molar-refractivity contribution in [2.24, 2.45) is 5.92 Å². The van der Waals surface area contributed by atoms with E-state index >= 15 is 0 Å². The number of nitrogens with zero attached hydrogens (tertiary/aromatic N) is 1. The number of halogens is 8. The summed E-state index contributed by atoms with van der Waals surface area (Å²) in [5.74, 6) is 0.142. The molecule has 1 atom stereocenters. The van der Waals surface area contributed by atoms with Gasteiger partial charge < -0.3 is 5.32 Å². The molecule has 2 rings (SSSR count). The van der Waals surface area contributed by atoms with E-state index in [4.69, 9.17) is 0 Å². The number of piperazine rings is 1. The normalized spacial score (nSPS) is 17.2. The van der Waals surface area contributed by atoms with E-state index in [2.05, 4.69) is 5.32 Å². The Labute approximate surface area is 167 Å². The van der Waals surface area contributed by atoms with Gasteiger partial charge in [0.2, 0.25) is 0 Å². The van der Waals surface area contributed by atoms with Crippen molar-refractivity contribution in [3.63, 3.8) is 0 Å². The lowest BCUT2D eigenvalue weighted by atomic mass is 9.92. The van der Waals surface area contributed by atoms with Crippen LogP contribution in [-0.2, 0) is 12.4 Å². The fraction of sp³-hybridized carbons (Fsp3) is 0.647. The van der Waals surface area contributed by atoms with Gasteiger partial charge in [0.25, 0.3) is 0 Å². The minimum atomic E-state index is -4.82. The van der Waals surface area contributed by atoms with Crippen molar-refractivity contribution < 1.29 is 26.3 Å². The van der Waals surface area contributed by atoms with Crippen LogP contribution in [0.15, 0.2) is 18.2 Å². The maximum atomic E-state index is 13.1. The lowest BCUT2D eigenvalue weighted by Crippen LogP contribution is -2.45. The second kappa shape index (κ2) is 10.2. The molecule has 1 fully saturated rings. The molecule has 0 amide bonds. The largest absolute Gasteiger partial charge is 0.416 e. The van der Waals surface area contributed by atoms with Gasteiger partial charge in [-0.15, -0.1) is 24.8 Å². The maximum absolute atomic E-state index is 13.1. The lowest BCUT2D eigenvalue weighted by molar-refractivity contribution is -0.143. The van der Waals surface area contributed by atoms with E-state index in [1.54, 1.807) is 0 Å². The van der Waals surface area contributed by atoms with E-state index in [1.807, 2.05) is 18.7 Å². The molecule has 0 spiro atoms. The third-order valence-corrected chi connectivity index (χ3v) is 4.28. The van der Waals surface area contributed by atoms with Gasteiger partial charge in [-0.2, -0.15) is 26.3 Å². The molecule has 1 aliphatic rings. The molecule has 1 heterocycles. The summed E-state index contributed by atoms with van der Waals surface area (Å²) in [4.78, 5) is 1.96. The maximum Gasteiger partial charge on any atom is 0.416 e. The Morgan fingerprint density at radius 2 is 1.33 bits per heavy atom. The summed E-state index contributed by atoms with van der Waals surface area (Å²) >= 11 is 0. The van der Waals surface area contributed by atoms with Crippen LogP contribution in [0.5, 0.6) is 0 Å². The molecule has 0 saturated carbocycles. The summed E-state index contributed by atoms with van der Waals surface area (Å²) in [5, 5.41) is 3.14. The molecular weight excluding hydrogens is 417 g/mol. The first-order valence-electron chi connectivity index (χ1n) is 8.22. The van der Waals surface area contributed by atoms with Gasteiger partial charge in [0.1, 0.15) is 0 Å². The second-order valence-electron chi connectivity index (χ2n) is 6.77. The zero-order valence-corrected chi connectivity index (χ0v) is 16.6. The zero-order chi connectivity index (χ0) is 18.8. The van der Waals surface area contributed by atoms with Gasteiger partial charge in [-0.3, -0.25) is 4.90 Å². The van der Waals surface area contributed by atoms with Crippen molar-refractivity contribution in [1.82, 2.24) is 10.2 Å². The summed E-state index contributed by atoms with van der Waals surface area (Å²) in [6.07, 6.45) is -9.14. The van der Waals surface area contributed by atoms with Gasteiger partial charge >= 0.3 is 12.4 Å². The molecule has 0 unspecified atom stereocenters. The predicted octanol–water partition coefficient (Wildman–Crippen LogP) is 5.56. The highest BCUT2D eigenvalue weighted by Gasteiger charge is 2.38. The molecule has 0 bridgehead atoms. The lowest BCUT2D eigenvalue weighted by Gasteiger charge is -2.36. The summed E-state index contributed by atoms with van der Waals surface area (Å²) in [7, 11) is 0. The highest BCUT2D eigenvalue weighted by Crippen LogP contribution is 2.39.